The Morgan fingerprint density at radius 1 is 1.33 bits per heavy atom. The Bertz CT molecular complexity index is 917. The summed E-state index contributed by atoms with van der Waals surface area (Å²) >= 11 is 1.52. The van der Waals surface area contributed by atoms with Gasteiger partial charge in [-0.25, -0.2) is 4.79 Å². The van der Waals surface area contributed by atoms with E-state index in [2.05, 4.69) is 10.6 Å². The molecular weight excluding hydrogens is 364 g/mol. The fourth-order valence-electron chi connectivity index (χ4n) is 2.95. The van der Waals surface area contributed by atoms with Crippen molar-refractivity contribution in [2.24, 2.45) is 0 Å². The van der Waals surface area contributed by atoms with Crippen molar-refractivity contribution in [2.75, 3.05) is 6.54 Å². The molecule has 0 bridgehead atoms. The smallest absolute Gasteiger partial charge is 0.325 e. The van der Waals surface area contributed by atoms with Crippen LogP contribution in [0.15, 0.2) is 41.8 Å². The van der Waals surface area contributed by atoms with Crippen LogP contribution in [0.1, 0.15) is 35.9 Å². The van der Waals surface area contributed by atoms with E-state index in [0.29, 0.717) is 11.1 Å². The summed E-state index contributed by atoms with van der Waals surface area (Å²) in [5, 5.41) is 16.3. The number of benzene rings is 1. The van der Waals surface area contributed by atoms with Crippen LogP contribution >= 0.6 is 11.3 Å². The first-order valence-corrected chi connectivity index (χ1v) is 9.20. The van der Waals surface area contributed by atoms with E-state index in [0.717, 1.165) is 9.78 Å². The molecule has 2 atom stereocenters. The van der Waals surface area contributed by atoms with Gasteiger partial charge >= 0.3 is 6.03 Å². The maximum atomic E-state index is 12.8. The minimum absolute atomic E-state index is 0.205. The van der Waals surface area contributed by atoms with E-state index in [1.165, 1.54) is 11.3 Å². The lowest BCUT2D eigenvalue weighted by Crippen LogP contribution is -2.43. The second kappa shape index (κ2) is 7.21. The van der Waals surface area contributed by atoms with Crippen LogP contribution in [0.3, 0.4) is 0 Å². The minimum atomic E-state index is -1.27. The Kier molecular flexibility index (Phi) is 4.97. The third-order valence-corrected chi connectivity index (χ3v) is 5.57. The van der Waals surface area contributed by atoms with E-state index in [1.807, 2.05) is 30.5 Å². The number of carbonyl (C=O) groups is 3. The summed E-state index contributed by atoms with van der Waals surface area (Å²) in [6.45, 7) is 3.07. The Labute approximate surface area is 160 Å². The molecule has 0 aliphatic carbocycles. The van der Waals surface area contributed by atoms with E-state index in [9.17, 15) is 14.4 Å². The molecule has 2 unspecified atom stereocenters. The zero-order valence-electron chi connectivity index (χ0n) is 14.9. The van der Waals surface area contributed by atoms with E-state index in [4.69, 9.17) is 5.26 Å². The first-order valence-electron chi connectivity index (χ1n) is 8.32. The average molecular weight is 382 g/mol. The molecule has 2 aromatic rings. The molecule has 4 amide bonds. The van der Waals surface area contributed by atoms with Crippen molar-refractivity contribution in [3.05, 3.63) is 57.8 Å². The third kappa shape index (κ3) is 3.55. The van der Waals surface area contributed by atoms with Gasteiger partial charge in [-0.1, -0.05) is 18.2 Å². The van der Waals surface area contributed by atoms with Gasteiger partial charge in [-0.2, -0.15) is 5.26 Å². The van der Waals surface area contributed by atoms with Crippen LogP contribution in [0.4, 0.5) is 4.79 Å². The lowest BCUT2D eigenvalue weighted by Gasteiger charge is -2.22. The number of nitrogens with zero attached hydrogens (tertiary/aromatic N) is 2. The normalized spacial score (nSPS) is 20.1. The molecular formula is C19H18N4O3S. The first kappa shape index (κ1) is 18.6. The van der Waals surface area contributed by atoms with Crippen molar-refractivity contribution >= 4 is 29.2 Å². The van der Waals surface area contributed by atoms with Crippen molar-refractivity contribution in [3.63, 3.8) is 0 Å². The zero-order chi connectivity index (χ0) is 19.6. The number of amides is 4. The average Bonchev–Trinajstić information content (AvgIpc) is 3.26. The van der Waals surface area contributed by atoms with Crippen LogP contribution in [0.25, 0.3) is 0 Å². The van der Waals surface area contributed by atoms with E-state index in [1.54, 1.807) is 31.2 Å². The van der Waals surface area contributed by atoms with Crippen molar-refractivity contribution < 1.29 is 14.4 Å². The predicted octanol–water partition coefficient (Wildman–Crippen LogP) is 2.26. The molecule has 27 heavy (non-hydrogen) atoms. The molecule has 2 N–H and O–H groups in total. The number of hydrogen-bond donors (Lipinski definition) is 2. The molecule has 0 saturated carbocycles. The maximum Gasteiger partial charge on any atom is 0.325 e. The third-order valence-electron chi connectivity index (χ3n) is 4.52. The Balaban J connectivity index is 1.71. The molecule has 0 radical (unpaired) electrons. The summed E-state index contributed by atoms with van der Waals surface area (Å²) in [5.41, 5.74) is -0.266. The lowest BCUT2D eigenvalue weighted by atomic mass is 9.91. The molecule has 3 rings (SSSR count). The number of urea groups is 1. The number of hydrogen-bond acceptors (Lipinski definition) is 5. The van der Waals surface area contributed by atoms with Gasteiger partial charge in [0, 0.05) is 4.88 Å². The summed E-state index contributed by atoms with van der Waals surface area (Å²) in [5.74, 6) is -0.917. The number of thiophene rings is 1. The maximum absolute atomic E-state index is 12.8. The number of rotatable bonds is 5. The van der Waals surface area contributed by atoms with Gasteiger partial charge in [-0.05, 0) is 43.0 Å². The Morgan fingerprint density at radius 3 is 2.63 bits per heavy atom. The molecule has 1 aromatic carbocycles. The number of carbonyl (C=O) groups excluding carboxylic acids is 3. The molecule has 2 heterocycles. The highest BCUT2D eigenvalue weighted by Gasteiger charge is 2.49. The fourth-order valence-corrected chi connectivity index (χ4v) is 3.69. The van der Waals surface area contributed by atoms with Gasteiger partial charge < -0.3 is 10.6 Å². The highest BCUT2D eigenvalue weighted by molar-refractivity contribution is 7.10. The second-order valence-electron chi connectivity index (χ2n) is 6.44. The number of imide groups is 1. The standard InChI is InChI=1S/C19H18N4O3S/c1-12(15-4-3-9-27-15)21-16(24)11-23-17(25)19(2,22-18(23)26)14-7-5-13(10-20)6-8-14/h3-9,12H,11H2,1-2H3,(H,21,24)(H,22,26). The monoisotopic (exact) mass is 382 g/mol. The molecule has 1 aliphatic rings. The lowest BCUT2D eigenvalue weighted by molar-refractivity contribution is -0.135. The molecule has 0 spiro atoms. The van der Waals surface area contributed by atoms with Crippen molar-refractivity contribution in [1.82, 2.24) is 15.5 Å². The van der Waals surface area contributed by atoms with Crippen LogP contribution in [0.5, 0.6) is 0 Å². The molecule has 138 valence electrons. The van der Waals surface area contributed by atoms with Gasteiger partial charge in [0.05, 0.1) is 17.7 Å². The number of nitrogens with one attached hydrogen (secondary N) is 2. The molecule has 8 heteroatoms. The minimum Gasteiger partial charge on any atom is -0.347 e. The largest absolute Gasteiger partial charge is 0.347 e. The highest BCUT2D eigenvalue weighted by atomic mass is 32.1. The van der Waals surface area contributed by atoms with Crippen molar-refractivity contribution in [2.45, 2.75) is 25.4 Å². The predicted molar refractivity (Wildman–Crippen MR) is 99.6 cm³/mol. The Morgan fingerprint density at radius 2 is 2.04 bits per heavy atom. The van der Waals surface area contributed by atoms with Crippen LogP contribution < -0.4 is 10.6 Å². The van der Waals surface area contributed by atoms with Gasteiger partial charge in [-0.15, -0.1) is 11.3 Å². The quantitative estimate of drug-likeness (QED) is 0.774. The molecule has 1 fully saturated rings. The van der Waals surface area contributed by atoms with Crippen molar-refractivity contribution in [3.8, 4) is 6.07 Å². The van der Waals surface area contributed by atoms with E-state index >= 15 is 0 Å². The van der Waals surface area contributed by atoms with Gasteiger partial charge in [-0.3, -0.25) is 14.5 Å². The van der Waals surface area contributed by atoms with Gasteiger partial charge in [0.2, 0.25) is 5.91 Å². The molecule has 7 nitrogen and oxygen atoms in total. The summed E-state index contributed by atoms with van der Waals surface area (Å²) in [6.07, 6.45) is 0. The number of nitriles is 1. The van der Waals surface area contributed by atoms with Crippen LogP contribution in [0, 0.1) is 11.3 Å². The SMILES string of the molecule is CC(NC(=O)CN1C(=O)NC(C)(c2ccc(C#N)cc2)C1=O)c1cccs1. The summed E-state index contributed by atoms with van der Waals surface area (Å²) in [7, 11) is 0. The molecule has 1 saturated heterocycles. The second-order valence-corrected chi connectivity index (χ2v) is 7.42. The van der Waals surface area contributed by atoms with Crippen LogP contribution in [0.2, 0.25) is 0 Å². The van der Waals surface area contributed by atoms with Crippen LogP contribution in [-0.4, -0.2) is 29.3 Å². The summed E-state index contributed by atoms with van der Waals surface area (Å²) < 4.78 is 0. The molecule has 1 aliphatic heterocycles. The summed E-state index contributed by atoms with van der Waals surface area (Å²) in [6, 6.07) is 11.4. The van der Waals surface area contributed by atoms with Crippen LogP contribution in [-0.2, 0) is 15.1 Å². The highest BCUT2D eigenvalue weighted by Crippen LogP contribution is 2.29. The van der Waals surface area contributed by atoms with E-state index in [-0.39, 0.29) is 12.6 Å². The topological polar surface area (TPSA) is 102 Å². The fraction of sp³-hybridized carbons (Fsp3) is 0.263. The molecule has 1 aromatic heterocycles. The van der Waals surface area contributed by atoms with Gasteiger partial charge in [0.15, 0.2) is 0 Å². The zero-order valence-corrected chi connectivity index (χ0v) is 15.7. The summed E-state index contributed by atoms with van der Waals surface area (Å²) in [4.78, 5) is 39.4. The van der Waals surface area contributed by atoms with Gasteiger partial charge in [0.1, 0.15) is 12.1 Å². The van der Waals surface area contributed by atoms with E-state index < -0.39 is 23.4 Å². The van der Waals surface area contributed by atoms with Gasteiger partial charge in [0.25, 0.3) is 5.91 Å². The first-order chi connectivity index (χ1) is 12.8. The van der Waals surface area contributed by atoms with Crippen molar-refractivity contribution in [1.29, 1.82) is 5.26 Å². The Hall–Kier alpha value is -3.18.